The van der Waals surface area contributed by atoms with E-state index < -0.39 is 5.82 Å². The molecule has 0 spiro atoms. The molecule has 0 aliphatic carbocycles. The third-order valence-electron chi connectivity index (χ3n) is 2.46. The Bertz CT molecular complexity index is 567. The van der Waals surface area contributed by atoms with Crippen molar-refractivity contribution < 1.29 is 4.39 Å². The summed E-state index contributed by atoms with van der Waals surface area (Å²) in [7, 11) is 0. The zero-order chi connectivity index (χ0) is 13.5. The van der Waals surface area contributed by atoms with Crippen molar-refractivity contribution in [1.82, 2.24) is 14.8 Å². The lowest BCUT2D eigenvalue weighted by Crippen LogP contribution is -2.19. The second-order valence-corrected chi connectivity index (χ2v) is 5.69. The van der Waals surface area contributed by atoms with Crippen LogP contribution in [0, 0.1) is 5.82 Å². The Morgan fingerprint density at radius 3 is 2.39 bits per heavy atom. The smallest absolute Gasteiger partial charge is 0.229 e. The van der Waals surface area contributed by atoms with Crippen LogP contribution in [0.1, 0.15) is 26.6 Å². The third kappa shape index (κ3) is 2.22. The van der Waals surface area contributed by atoms with Gasteiger partial charge in [-0.15, -0.1) is 10.2 Å². The van der Waals surface area contributed by atoms with Gasteiger partial charge in [0.25, 0.3) is 0 Å². The quantitative estimate of drug-likeness (QED) is 0.793. The summed E-state index contributed by atoms with van der Waals surface area (Å²) in [4.78, 5) is 0. The first-order valence-corrected chi connectivity index (χ1v) is 6.13. The molecule has 2 aromatic rings. The molecular weight excluding hydrogens is 276 g/mol. The first kappa shape index (κ1) is 13.3. The highest BCUT2D eigenvalue weighted by Crippen LogP contribution is 2.31. The van der Waals surface area contributed by atoms with Crippen molar-refractivity contribution in [2.24, 2.45) is 0 Å². The number of benzene rings is 1. The molecule has 0 saturated heterocycles. The molecule has 0 amide bonds. The summed E-state index contributed by atoms with van der Waals surface area (Å²) < 4.78 is 15.4. The number of rotatable bonds is 1. The van der Waals surface area contributed by atoms with Crippen LogP contribution in [-0.2, 0) is 5.41 Å². The van der Waals surface area contributed by atoms with Crippen LogP contribution in [0.2, 0.25) is 10.3 Å². The van der Waals surface area contributed by atoms with Crippen molar-refractivity contribution in [3.8, 4) is 5.69 Å². The van der Waals surface area contributed by atoms with Gasteiger partial charge in [-0.25, -0.2) is 4.39 Å². The van der Waals surface area contributed by atoms with Crippen LogP contribution in [0.3, 0.4) is 0 Å². The summed E-state index contributed by atoms with van der Waals surface area (Å²) in [5, 5.41) is 8.15. The van der Waals surface area contributed by atoms with E-state index in [1.807, 2.05) is 20.8 Å². The van der Waals surface area contributed by atoms with Crippen molar-refractivity contribution in [3.05, 3.63) is 40.1 Å². The Hall–Kier alpha value is -1.13. The second kappa shape index (κ2) is 4.52. The van der Waals surface area contributed by atoms with E-state index in [2.05, 4.69) is 10.2 Å². The SMILES string of the molecule is CC(C)(C)c1nnc(Cl)n1-c1c(F)cccc1Cl. The van der Waals surface area contributed by atoms with E-state index in [-0.39, 0.29) is 21.4 Å². The molecule has 0 aliphatic heterocycles. The Morgan fingerprint density at radius 1 is 1.17 bits per heavy atom. The van der Waals surface area contributed by atoms with E-state index in [0.717, 1.165) is 0 Å². The molecule has 0 saturated carbocycles. The van der Waals surface area contributed by atoms with Gasteiger partial charge < -0.3 is 0 Å². The fourth-order valence-electron chi connectivity index (χ4n) is 1.65. The standard InChI is InChI=1S/C12H12Cl2FN3/c1-12(2,3)10-16-17-11(14)18(10)9-7(13)5-4-6-8(9)15/h4-6H,1-3H3. The van der Waals surface area contributed by atoms with E-state index in [4.69, 9.17) is 23.2 Å². The van der Waals surface area contributed by atoms with Gasteiger partial charge in [0, 0.05) is 5.41 Å². The number of hydrogen-bond donors (Lipinski definition) is 0. The molecule has 6 heteroatoms. The summed E-state index contributed by atoms with van der Waals surface area (Å²) in [5.41, 5.74) is -0.148. The summed E-state index contributed by atoms with van der Waals surface area (Å²) in [6, 6.07) is 4.46. The fraction of sp³-hybridized carbons (Fsp3) is 0.333. The molecule has 1 heterocycles. The topological polar surface area (TPSA) is 30.7 Å². The molecular formula is C12H12Cl2FN3. The molecule has 18 heavy (non-hydrogen) atoms. The second-order valence-electron chi connectivity index (χ2n) is 4.95. The third-order valence-corrected chi connectivity index (χ3v) is 3.01. The Kier molecular flexibility index (Phi) is 3.34. The van der Waals surface area contributed by atoms with Crippen molar-refractivity contribution in [2.75, 3.05) is 0 Å². The normalized spacial score (nSPS) is 11.9. The minimum atomic E-state index is -0.463. The summed E-state index contributed by atoms with van der Waals surface area (Å²) in [6.45, 7) is 5.83. The molecule has 0 atom stereocenters. The van der Waals surface area contributed by atoms with Crippen molar-refractivity contribution in [2.45, 2.75) is 26.2 Å². The van der Waals surface area contributed by atoms with Crippen molar-refractivity contribution in [1.29, 1.82) is 0 Å². The maximum Gasteiger partial charge on any atom is 0.229 e. The van der Waals surface area contributed by atoms with Gasteiger partial charge in [-0.2, -0.15) is 0 Å². The first-order chi connectivity index (χ1) is 8.32. The molecule has 0 fully saturated rings. The van der Waals surface area contributed by atoms with E-state index >= 15 is 0 Å². The molecule has 1 aromatic heterocycles. The van der Waals surface area contributed by atoms with Gasteiger partial charge in [-0.3, -0.25) is 4.57 Å². The molecule has 0 radical (unpaired) electrons. The molecule has 0 bridgehead atoms. The Morgan fingerprint density at radius 2 is 1.83 bits per heavy atom. The predicted octanol–water partition coefficient (Wildman–Crippen LogP) is 4.01. The lowest BCUT2D eigenvalue weighted by Gasteiger charge is -2.19. The zero-order valence-electron chi connectivity index (χ0n) is 10.2. The van der Waals surface area contributed by atoms with Crippen LogP contribution in [-0.4, -0.2) is 14.8 Å². The van der Waals surface area contributed by atoms with Crippen LogP contribution in [0.4, 0.5) is 4.39 Å². The number of aromatic nitrogens is 3. The average molecular weight is 288 g/mol. The van der Waals surface area contributed by atoms with Crippen molar-refractivity contribution >= 4 is 23.2 Å². The minimum Gasteiger partial charge on any atom is -0.265 e. The highest BCUT2D eigenvalue weighted by atomic mass is 35.5. The summed E-state index contributed by atoms with van der Waals surface area (Å²) in [6.07, 6.45) is 0. The molecule has 0 aliphatic rings. The molecule has 3 nitrogen and oxygen atoms in total. The van der Waals surface area contributed by atoms with Gasteiger partial charge in [0.1, 0.15) is 17.3 Å². The van der Waals surface area contributed by atoms with Gasteiger partial charge in [0.15, 0.2) is 0 Å². The first-order valence-electron chi connectivity index (χ1n) is 5.38. The minimum absolute atomic E-state index is 0.0897. The van der Waals surface area contributed by atoms with E-state index in [0.29, 0.717) is 5.82 Å². The van der Waals surface area contributed by atoms with Gasteiger partial charge in [0.2, 0.25) is 5.28 Å². The van der Waals surface area contributed by atoms with E-state index in [9.17, 15) is 4.39 Å². The van der Waals surface area contributed by atoms with Gasteiger partial charge in [-0.05, 0) is 23.7 Å². The maximum absolute atomic E-state index is 13.9. The zero-order valence-corrected chi connectivity index (χ0v) is 11.7. The number of nitrogens with zero attached hydrogens (tertiary/aromatic N) is 3. The van der Waals surface area contributed by atoms with Crippen LogP contribution in [0.25, 0.3) is 5.69 Å². The average Bonchev–Trinajstić information content (AvgIpc) is 2.60. The summed E-state index contributed by atoms with van der Waals surface area (Å²) in [5.74, 6) is 0.0919. The maximum atomic E-state index is 13.9. The van der Waals surface area contributed by atoms with E-state index in [1.165, 1.54) is 16.7 Å². The Balaban J connectivity index is 2.76. The highest BCUT2D eigenvalue weighted by Gasteiger charge is 2.26. The molecule has 0 unspecified atom stereocenters. The molecule has 96 valence electrons. The molecule has 0 N–H and O–H groups in total. The van der Waals surface area contributed by atoms with Crippen molar-refractivity contribution in [3.63, 3.8) is 0 Å². The fourth-order valence-corrected chi connectivity index (χ4v) is 2.10. The molecule has 2 rings (SSSR count). The van der Waals surface area contributed by atoms with Gasteiger partial charge in [0.05, 0.1) is 5.02 Å². The Labute approximate surface area is 115 Å². The lowest BCUT2D eigenvalue weighted by atomic mass is 9.95. The van der Waals surface area contributed by atoms with Gasteiger partial charge >= 0.3 is 0 Å². The van der Waals surface area contributed by atoms with Crippen LogP contribution >= 0.6 is 23.2 Å². The summed E-state index contributed by atoms with van der Waals surface area (Å²) >= 11 is 12.0. The van der Waals surface area contributed by atoms with Crippen LogP contribution in [0.15, 0.2) is 18.2 Å². The van der Waals surface area contributed by atoms with Crippen LogP contribution < -0.4 is 0 Å². The van der Waals surface area contributed by atoms with Gasteiger partial charge in [-0.1, -0.05) is 38.4 Å². The monoisotopic (exact) mass is 287 g/mol. The predicted molar refractivity (Wildman–Crippen MR) is 70.0 cm³/mol. The lowest BCUT2D eigenvalue weighted by molar-refractivity contribution is 0.527. The largest absolute Gasteiger partial charge is 0.265 e. The molecule has 1 aromatic carbocycles. The van der Waals surface area contributed by atoms with E-state index in [1.54, 1.807) is 6.07 Å². The highest BCUT2D eigenvalue weighted by molar-refractivity contribution is 6.33. The number of para-hydroxylation sites is 1. The number of hydrogen-bond acceptors (Lipinski definition) is 2. The van der Waals surface area contributed by atoms with Crippen LogP contribution in [0.5, 0.6) is 0 Å². The number of halogens is 3.